The zero-order chi connectivity index (χ0) is 11.8. The van der Waals surface area contributed by atoms with Crippen molar-refractivity contribution in [1.29, 1.82) is 0 Å². The van der Waals surface area contributed by atoms with Crippen molar-refractivity contribution in [2.24, 2.45) is 0 Å². The second-order valence-corrected chi connectivity index (χ2v) is 4.28. The maximum atomic E-state index is 4.07. The summed E-state index contributed by atoms with van der Waals surface area (Å²) in [6, 6.07) is 0. The van der Waals surface area contributed by atoms with Crippen LogP contribution in [0, 0.1) is 0 Å². The summed E-state index contributed by atoms with van der Waals surface area (Å²) in [4.78, 5) is 0. The van der Waals surface area contributed by atoms with Gasteiger partial charge in [-0.1, -0.05) is 43.5 Å². The van der Waals surface area contributed by atoms with Crippen molar-refractivity contribution in [2.45, 2.75) is 40.8 Å². The fourth-order valence-electron chi connectivity index (χ4n) is 1.05. The molecule has 0 aliphatic carbocycles. The van der Waals surface area contributed by atoms with Crippen LogP contribution in [0.4, 0.5) is 0 Å². The Hall–Kier alpha value is -0.975. The zero-order valence-electron chi connectivity index (χ0n) is 10.8. The summed E-state index contributed by atoms with van der Waals surface area (Å²) in [5.74, 6) is 0. The van der Waals surface area contributed by atoms with Gasteiger partial charge in [-0.05, 0) is 32.8 Å². The molecular weight excluding hydrogens is 179 g/mol. The molecule has 0 aliphatic heterocycles. The zero-order valence-corrected chi connectivity index (χ0v) is 10.8. The fraction of sp³-hybridized carbons (Fsp3) is 0.429. The molecule has 0 unspecified atom stereocenters. The van der Waals surface area contributed by atoms with Gasteiger partial charge in [0.05, 0.1) is 0 Å². The Morgan fingerprint density at radius 3 is 2.27 bits per heavy atom. The summed E-state index contributed by atoms with van der Waals surface area (Å²) in [5, 5.41) is 0. The van der Waals surface area contributed by atoms with Gasteiger partial charge in [0.1, 0.15) is 0 Å². The van der Waals surface area contributed by atoms with Crippen molar-refractivity contribution in [2.75, 3.05) is 0 Å². The van der Waals surface area contributed by atoms with Gasteiger partial charge in [0.2, 0.25) is 0 Å². The minimum Gasteiger partial charge on any atom is -0.108 e. The third-order valence-corrected chi connectivity index (χ3v) is 2.65. The minimum absolute atomic E-state index is 0.578. The molecule has 0 radical (unpaired) electrons. The van der Waals surface area contributed by atoms with Gasteiger partial charge >= 0.3 is 0 Å². The molecule has 0 amide bonds. The van der Waals surface area contributed by atoms with Crippen LogP contribution in [-0.4, -0.2) is 6.71 Å². The Balaban J connectivity index is 4.38. The summed E-state index contributed by atoms with van der Waals surface area (Å²) in [5.41, 5.74) is 3.97. The number of hydrogen-bond donors (Lipinski definition) is 0. The standard InChI is InChI=1S/C14H23B/c1-7-8-9-12(2)13(3)10-11-14(4)15(5)6/h7-10H,4,11H2,1-3,5-6H3/b8-7+,12-9-,13-10-. The Kier molecular flexibility index (Phi) is 6.86. The van der Waals surface area contributed by atoms with Crippen LogP contribution in [0.25, 0.3) is 0 Å². The van der Waals surface area contributed by atoms with E-state index in [1.165, 1.54) is 16.6 Å². The molecule has 0 atom stereocenters. The highest BCUT2D eigenvalue weighted by atomic mass is 14.0. The van der Waals surface area contributed by atoms with E-state index in [-0.39, 0.29) is 0 Å². The lowest BCUT2D eigenvalue weighted by atomic mass is 9.48. The van der Waals surface area contributed by atoms with E-state index < -0.39 is 0 Å². The molecule has 0 spiro atoms. The molecule has 0 N–H and O–H groups in total. The van der Waals surface area contributed by atoms with Crippen LogP contribution in [0.5, 0.6) is 0 Å². The Morgan fingerprint density at radius 2 is 1.80 bits per heavy atom. The van der Waals surface area contributed by atoms with Crippen molar-refractivity contribution in [1.82, 2.24) is 0 Å². The largest absolute Gasteiger partial charge is 0.163 e. The van der Waals surface area contributed by atoms with Crippen molar-refractivity contribution in [3.05, 3.63) is 47.5 Å². The van der Waals surface area contributed by atoms with E-state index in [9.17, 15) is 0 Å². The van der Waals surface area contributed by atoms with Gasteiger partial charge in [0.25, 0.3) is 0 Å². The van der Waals surface area contributed by atoms with E-state index in [1.807, 2.05) is 13.0 Å². The topological polar surface area (TPSA) is 0 Å². The first-order chi connectivity index (χ1) is 6.99. The van der Waals surface area contributed by atoms with E-state index >= 15 is 0 Å². The van der Waals surface area contributed by atoms with Gasteiger partial charge in [-0.2, -0.15) is 0 Å². The van der Waals surface area contributed by atoms with Crippen LogP contribution in [0.1, 0.15) is 27.2 Å². The smallest absolute Gasteiger partial charge is 0.108 e. The molecule has 15 heavy (non-hydrogen) atoms. The quantitative estimate of drug-likeness (QED) is 0.448. The Morgan fingerprint density at radius 1 is 1.20 bits per heavy atom. The molecule has 0 aromatic rings. The average Bonchev–Trinajstić information content (AvgIpc) is 2.21. The number of hydrogen-bond acceptors (Lipinski definition) is 0. The summed E-state index contributed by atoms with van der Waals surface area (Å²) in [7, 11) is 0. The lowest BCUT2D eigenvalue weighted by Gasteiger charge is -2.05. The molecule has 0 aliphatic rings. The van der Waals surface area contributed by atoms with E-state index in [4.69, 9.17) is 0 Å². The summed E-state index contributed by atoms with van der Waals surface area (Å²) in [6.07, 6.45) is 9.51. The summed E-state index contributed by atoms with van der Waals surface area (Å²) < 4.78 is 0. The van der Waals surface area contributed by atoms with Crippen LogP contribution in [0.2, 0.25) is 13.6 Å². The Bertz CT molecular complexity index is 290. The maximum absolute atomic E-state index is 4.07. The van der Waals surface area contributed by atoms with E-state index in [2.05, 4.69) is 52.3 Å². The predicted octanol–water partition coefficient (Wildman–Crippen LogP) is 4.70. The highest BCUT2D eigenvalue weighted by Crippen LogP contribution is 2.12. The lowest BCUT2D eigenvalue weighted by molar-refractivity contribution is 1.25. The van der Waals surface area contributed by atoms with E-state index in [0.29, 0.717) is 6.71 Å². The molecular formula is C14H23B. The van der Waals surface area contributed by atoms with Crippen molar-refractivity contribution in [3.8, 4) is 0 Å². The van der Waals surface area contributed by atoms with Gasteiger partial charge in [0, 0.05) is 0 Å². The van der Waals surface area contributed by atoms with Crippen LogP contribution in [-0.2, 0) is 0 Å². The molecule has 0 rings (SSSR count). The molecule has 0 aromatic heterocycles. The first-order valence-electron chi connectivity index (χ1n) is 5.63. The van der Waals surface area contributed by atoms with Crippen LogP contribution >= 0.6 is 0 Å². The number of allylic oxidation sites excluding steroid dienone is 7. The monoisotopic (exact) mass is 202 g/mol. The lowest BCUT2D eigenvalue weighted by Crippen LogP contribution is -2.03. The van der Waals surface area contributed by atoms with E-state index in [0.717, 1.165) is 6.42 Å². The Labute approximate surface area is 95.5 Å². The molecule has 0 saturated carbocycles. The second-order valence-electron chi connectivity index (χ2n) is 4.28. The third kappa shape index (κ3) is 6.17. The molecule has 0 fully saturated rings. The molecule has 82 valence electrons. The highest BCUT2D eigenvalue weighted by molar-refractivity contribution is 6.63. The fourth-order valence-corrected chi connectivity index (χ4v) is 1.05. The van der Waals surface area contributed by atoms with E-state index in [1.54, 1.807) is 0 Å². The average molecular weight is 202 g/mol. The summed E-state index contributed by atoms with van der Waals surface area (Å²) >= 11 is 0. The molecule has 0 saturated heterocycles. The third-order valence-electron chi connectivity index (χ3n) is 2.65. The van der Waals surface area contributed by atoms with Crippen LogP contribution in [0.3, 0.4) is 0 Å². The van der Waals surface area contributed by atoms with Crippen LogP contribution < -0.4 is 0 Å². The van der Waals surface area contributed by atoms with Gasteiger partial charge < -0.3 is 0 Å². The SMILES string of the molecule is C=C(C\C=C(C)/C(C)=C\C=C\C)B(C)C. The predicted molar refractivity (Wildman–Crippen MR) is 73.6 cm³/mol. The second kappa shape index (κ2) is 7.33. The molecule has 0 nitrogen and oxygen atoms in total. The van der Waals surface area contributed by atoms with Gasteiger partial charge in [-0.15, -0.1) is 12.1 Å². The molecule has 1 heteroatoms. The van der Waals surface area contributed by atoms with Crippen molar-refractivity contribution < 1.29 is 0 Å². The highest BCUT2D eigenvalue weighted by Gasteiger charge is 2.02. The minimum atomic E-state index is 0.578. The van der Waals surface area contributed by atoms with Crippen LogP contribution in [0.15, 0.2) is 47.5 Å². The molecule has 0 bridgehead atoms. The molecule has 0 heterocycles. The van der Waals surface area contributed by atoms with Gasteiger partial charge in [0.15, 0.2) is 6.71 Å². The van der Waals surface area contributed by atoms with Crippen molar-refractivity contribution >= 4 is 6.71 Å². The number of rotatable bonds is 5. The van der Waals surface area contributed by atoms with Gasteiger partial charge in [-0.25, -0.2) is 0 Å². The van der Waals surface area contributed by atoms with Crippen molar-refractivity contribution in [3.63, 3.8) is 0 Å². The van der Waals surface area contributed by atoms with Gasteiger partial charge in [-0.3, -0.25) is 0 Å². The molecule has 0 aromatic carbocycles. The maximum Gasteiger partial charge on any atom is 0.163 e. The normalized spacial score (nSPS) is 13.4. The summed E-state index contributed by atoms with van der Waals surface area (Å²) in [6.45, 7) is 15.4. The first kappa shape index (κ1) is 14.0. The first-order valence-corrected chi connectivity index (χ1v) is 5.63.